The second-order valence-corrected chi connectivity index (χ2v) is 5.05. The van der Waals surface area contributed by atoms with Crippen LogP contribution in [0.25, 0.3) is 0 Å². The van der Waals surface area contributed by atoms with E-state index in [0.29, 0.717) is 15.7 Å². The van der Waals surface area contributed by atoms with Gasteiger partial charge in [-0.15, -0.1) is 0 Å². The molecule has 0 spiro atoms. The summed E-state index contributed by atoms with van der Waals surface area (Å²) in [6.07, 6.45) is 1.55. The zero-order valence-corrected chi connectivity index (χ0v) is 12.0. The van der Waals surface area contributed by atoms with E-state index in [-0.39, 0.29) is 5.56 Å². The Morgan fingerprint density at radius 1 is 1.42 bits per heavy atom. The zero-order chi connectivity index (χ0) is 14.2. The standard InChI is InChI=1S/C12H13BrF2N4/c1-6-3-4-8(14)9(10(6)15)11(18-16)12-7(13)5-17-19(12)2/h3-5,11,18H,16H2,1-2H3. The third kappa shape index (κ3) is 2.41. The number of rotatable bonds is 3. The molecule has 2 aromatic rings. The maximum atomic E-state index is 14.2. The highest BCUT2D eigenvalue weighted by molar-refractivity contribution is 9.10. The van der Waals surface area contributed by atoms with Gasteiger partial charge < -0.3 is 0 Å². The molecule has 102 valence electrons. The van der Waals surface area contributed by atoms with Crippen molar-refractivity contribution in [2.24, 2.45) is 12.9 Å². The number of halogens is 3. The first kappa shape index (κ1) is 14.1. The smallest absolute Gasteiger partial charge is 0.134 e. The van der Waals surface area contributed by atoms with Gasteiger partial charge >= 0.3 is 0 Å². The highest BCUT2D eigenvalue weighted by atomic mass is 79.9. The van der Waals surface area contributed by atoms with Crippen molar-refractivity contribution in [2.75, 3.05) is 0 Å². The molecule has 1 aromatic carbocycles. The predicted molar refractivity (Wildman–Crippen MR) is 71.2 cm³/mol. The average molecular weight is 331 g/mol. The van der Waals surface area contributed by atoms with Crippen molar-refractivity contribution < 1.29 is 8.78 Å². The first-order chi connectivity index (χ1) is 8.97. The van der Waals surface area contributed by atoms with Crippen LogP contribution in [0.5, 0.6) is 0 Å². The number of hydrogen-bond acceptors (Lipinski definition) is 3. The van der Waals surface area contributed by atoms with Gasteiger partial charge in [-0.3, -0.25) is 10.5 Å². The Bertz CT molecular complexity index is 593. The van der Waals surface area contributed by atoms with Crippen LogP contribution in [0.15, 0.2) is 22.8 Å². The van der Waals surface area contributed by atoms with Gasteiger partial charge in [0, 0.05) is 12.6 Å². The van der Waals surface area contributed by atoms with Gasteiger partial charge in [-0.2, -0.15) is 5.10 Å². The quantitative estimate of drug-likeness (QED) is 0.670. The molecule has 0 radical (unpaired) electrons. The lowest BCUT2D eigenvalue weighted by Crippen LogP contribution is -2.32. The Balaban J connectivity index is 2.64. The number of nitrogens with one attached hydrogen (secondary N) is 1. The van der Waals surface area contributed by atoms with E-state index < -0.39 is 17.7 Å². The van der Waals surface area contributed by atoms with E-state index in [4.69, 9.17) is 5.84 Å². The topological polar surface area (TPSA) is 55.9 Å². The molecule has 4 nitrogen and oxygen atoms in total. The number of hydrogen-bond donors (Lipinski definition) is 2. The summed E-state index contributed by atoms with van der Waals surface area (Å²) >= 11 is 3.30. The van der Waals surface area contributed by atoms with Crippen LogP contribution in [-0.4, -0.2) is 9.78 Å². The minimum atomic E-state index is -0.832. The van der Waals surface area contributed by atoms with Crippen LogP contribution in [0, 0.1) is 18.6 Å². The minimum Gasteiger partial charge on any atom is -0.271 e. The van der Waals surface area contributed by atoms with E-state index in [0.717, 1.165) is 0 Å². The maximum Gasteiger partial charge on any atom is 0.134 e. The molecule has 1 heterocycles. The number of benzene rings is 1. The molecule has 0 saturated heterocycles. The van der Waals surface area contributed by atoms with Gasteiger partial charge in [0.25, 0.3) is 0 Å². The SMILES string of the molecule is Cc1ccc(F)c(C(NN)c2c(Br)cnn2C)c1F. The summed E-state index contributed by atoms with van der Waals surface area (Å²) in [7, 11) is 1.68. The number of hydrazine groups is 1. The van der Waals surface area contributed by atoms with Gasteiger partial charge in [-0.05, 0) is 34.5 Å². The normalized spacial score (nSPS) is 12.7. The molecule has 0 saturated carbocycles. The molecule has 3 N–H and O–H groups in total. The molecule has 19 heavy (non-hydrogen) atoms. The fourth-order valence-electron chi connectivity index (χ4n) is 1.99. The van der Waals surface area contributed by atoms with Crippen LogP contribution in [0.1, 0.15) is 22.9 Å². The zero-order valence-electron chi connectivity index (χ0n) is 10.4. The average Bonchev–Trinajstić information content (AvgIpc) is 2.70. The number of nitrogens with two attached hydrogens (primary N) is 1. The molecule has 0 fully saturated rings. The van der Waals surface area contributed by atoms with Gasteiger partial charge in [-0.25, -0.2) is 14.2 Å². The van der Waals surface area contributed by atoms with Crippen molar-refractivity contribution in [3.8, 4) is 0 Å². The van der Waals surface area contributed by atoms with Crippen molar-refractivity contribution in [3.05, 3.63) is 51.3 Å². The summed E-state index contributed by atoms with van der Waals surface area (Å²) < 4.78 is 30.2. The number of aryl methyl sites for hydroxylation is 2. The molecular formula is C12H13BrF2N4. The van der Waals surface area contributed by atoms with E-state index >= 15 is 0 Å². The second kappa shape index (κ2) is 5.36. The van der Waals surface area contributed by atoms with Crippen LogP contribution in [0.2, 0.25) is 0 Å². The summed E-state index contributed by atoms with van der Waals surface area (Å²) in [5.41, 5.74) is 3.23. The van der Waals surface area contributed by atoms with Gasteiger partial charge in [-0.1, -0.05) is 6.07 Å². The summed E-state index contributed by atoms with van der Waals surface area (Å²) in [5.74, 6) is 4.21. The molecule has 1 unspecified atom stereocenters. The molecule has 0 aliphatic rings. The summed E-state index contributed by atoms with van der Waals surface area (Å²) in [5, 5.41) is 4.02. The highest BCUT2D eigenvalue weighted by Gasteiger charge is 2.26. The molecule has 1 atom stereocenters. The molecule has 2 rings (SSSR count). The van der Waals surface area contributed by atoms with Crippen molar-refractivity contribution in [1.29, 1.82) is 0 Å². The highest BCUT2D eigenvalue weighted by Crippen LogP contribution is 2.31. The summed E-state index contributed by atoms with van der Waals surface area (Å²) in [4.78, 5) is 0. The van der Waals surface area contributed by atoms with E-state index in [9.17, 15) is 8.78 Å². The number of nitrogens with zero attached hydrogens (tertiary/aromatic N) is 2. The Labute approximate surface area is 117 Å². The Morgan fingerprint density at radius 2 is 2.11 bits per heavy atom. The summed E-state index contributed by atoms with van der Waals surface area (Å²) in [6.45, 7) is 1.57. The van der Waals surface area contributed by atoms with Crippen molar-refractivity contribution >= 4 is 15.9 Å². The molecule has 7 heteroatoms. The molecule has 1 aromatic heterocycles. The number of aromatic nitrogens is 2. The molecule has 0 aliphatic heterocycles. The molecular weight excluding hydrogens is 318 g/mol. The third-order valence-corrected chi connectivity index (χ3v) is 3.60. The van der Waals surface area contributed by atoms with Crippen molar-refractivity contribution in [1.82, 2.24) is 15.2 Å². The second-order valence-electron chi connectivity index (χ2n) is 4.19. The Hall–Kier alpha value is -1.31. The Kier molecular flexibility index (Phi) is 3.98. The van der Waals surface area contributed by atoms with Crippen molar-refractivity contribution in [3.63, 3.8) is 0 Å². The lowest BCUT2D eigenvalue weighted by atomic mass is 10.0. The minimum absolute atomic E-state index is 0.119. The van der Waals surface area contributed by atoms with Gasteiger partial charge in [0.1, 0.15) is 11.6 Å². The van der Waals surface area contributed by atoms with E-state index in [1.807, 2.05) is 0 Å². The van der Waals surface area contributed by atoms with Gasteiger partial charge in [0.2, 0.25) is 0 Å². The van der Waals surface area contributed by atoms with Crippen LogP contribution in [0.4, 0.5) is 8.78 Å². The first-order valence-corrected chi connectivity index (χ1v) is 6.34. The van der Waals surface area contributed by atoms with Crippen molar-refractivity contribution in [2.45, 2.75) is 13.0 Å². The largest absolute Gasteiger partial charge is 0.271 e. The van der Waals surface area contributed by atoms with Gasteiger partial charge in [0.15, 0.2) is 0 Å². The fraction of sp³-hybridized carbons (Fsp3) is 0.250. The predicted octanol–water partition coefficient (Wildman–Crippen LogP) is 2.32. The lowest BCUT2D eigenvalue weighted by molar-refractivity contribution is 0.489. The van der Waals surface area contributed by atoms with Crippen LogP contribution < -0.4 is 11.3 Å². The third-order valence-electron chi connectivity index (χ3n) is 2.99. The first-order valence-electron chi connectivity index (χ1n) is 5.55. The van der Waals surface area contributed by atoms with Crippen LogP contribution >= 0.6 is 15.9 Å². The maximum absolute atomic E-state index is 14.2. The van der Waals surface area contributed by atoms with E-state index in [1.165, 1.54) is 16.8 Å². The van der Waals surface area contributed by atoms with Crippen LogP contribution in [-0.2, 0) is 7.05 Å². The lowest BCUT2D eigenvalue weighted by Gasteiger charge is -2.19. The van der Waals surface area contributed by atoms with E-state index in [1.54, 1.807) is 20.2 Å². The van der Waals surface area contributed by atoms with E-state index in [2.05, 4.69) is 26.5 Å². The summed E-state index contributed by atoms with van der Waals surface area (Å²) in [6, 6.07) is 1.78. The molecule has 0 aliphatic carbocycles. The Morgan fingerprint density at radius 3 is 2.63 bits per heavy atom. The van der Waals surface area contributed by atoms with Gasteiger partial charge in [0.05, 0.1) is 22.4 Å². The van der Waals surface area contributed by atoms with Crippen LogP contribution in [0.3, 0.4) is 0 Å². The monoisotopic (exact) mass is 330 g/mol. The fourth-order valence-corrected chi connectivity index (χ4v) is 2.56. The molecule has 0 bridgehead atoms. The molecule has 0 amide bonds.